The first-order valence-corrected chi connectivity index (χ1v) is 6.70. The van der Waals surface area contributed by atoms with Gasteiger partial charge in [-0.1, -0.05) is 6.92 Å². The van der Waals surface area contributed by atoms with E-state index in [9.17, 15) is 15.4 Å². The molecule has 0 spiro atoms. The lowest BCUT2D eigenvalue weighted by Gasteiger charge is -2.38. The van der Waals surface area contributed by atoms with Crippen molar-refractivity contribution in [1.82, 2.24) is 0 Å². The molecule has 2 N–H and O–H groups in total. The van der Waals surface area contributed by atoms with Crippen molar-refractivity contribution in [2.24, 2.45) is 17.6 Å². The van der Waals surface area contributed by atoms with Gasteiger partial charge in [-0.2, -0.15) is 5.26 Å². The second kappa shape index (κ2) is 5.88. The highest BCUT2D eigenvalue weighted by molar-refractivity contribution is 5.63. The number of nitro benzene ring substituents is 1. The molecule has 0 aromatic heterocycles. The van der Waals surface area contributed by atoms with Crippen LogP contribution in [0.1, 0.15) is 18.9 Å². The normalized spacial score (nSPS) is 22.4. The summed E-state index contributed by atoms with van der Waals surface area (Å²) in [6.07, 6.45) is 1.02. The molecule has 2 unspecified atom stereocenters. The van der Waals surface area contributed by atoms with Crippen LogP contribution in [0.25, 0.3) is 0 Å². The van der Waals surface area contributed by atoms with E-state index in [2.05, 4.69) is 17.9 Å². The molecule has 0 bridgehead atoms. The Balaban J connectivity index is 2.29. The van der Waals surface area contributed by atoms with Gasteiger partial charge in [0.25, 0.3) is 5.69 Å². The number of hydrogen-bond donors (Lipinski definition) is 1. The zero-order valence-electron chi connectivity index (χ0n) is 11.5. The third kappa shape index (κ3) is 2.73. The predicted octanol–water partition coefficient (Wildman–Crippen LogP) is 1.89. The summed E-state index contributed by atoms with van der Waals surface area (Å²) in [4.78, 5) is 12.4. The van der Waals surface area contributed by atoms with Gasteiger partial charge in [-0.05, 0) is 30.9 Å². The van der Waals surface area contributed by atoms with E-state index in [1.807, 2.05) is 0 Å². The Hall–Kier alpha value is -2.13. The number of nitrogens with two attached hydrogens (primary N) is 1. The molecular weight excluding hydrogens is 256 g/mol. The summed E-state index contributed by atoms with van der Waals surface area (Å²) in [5.41, 5.74) is 6.86. The van der Waals surface area contributed by atoms with Gasteiger partial charge in [0.1, 0.15) is 6.07 Å². The average molecular weight is 274 g/mol. The number of benzene rings is 1. The molecule has 2 rings (SSSR count). The third-order valence-electron chi connectivity index (χ3n) is 4.07. The standard InChI is InChI=1S/C14H18N4O2/c1-10-4-5-17(9-12(10)8-16)14-3-2-13(18(19)20)6-11(14)7-15/h2-3,6,10,12H,4-5,8-9,16H2,1H3. The first-order valence-electron chi connectivity index (χ1n) is 6.70. The molecule has 0 amide bonds. The molecule has 1 fully saturated rings. The number of hydrogen-bond acceptors (Lipinski definition) is 5. The Bertz CT molecular complexity index is 553. The first kappa shape index (κ1) is 14.3. The molecule has 0 radical (unpaired) electrons. The second-order valence-electron chi connectivity index (χ2n) is 5.28. The highest BCUT2D eigenvalue weighted by Crippen LogP contribution is 2.30. The van der Waals surface area contributed by atoms with E-state index >= 15 is 0 Å². The largest absolute Gasteiger partial charge is 0.370 e. The fraction of sp³-hybridized carbons (Fsp3) is 0.500. The van der Waals surface area contributed by atoms with Crippen LogP contribution in [0.15, 0.2) is 18.2 Å². The van der Waals surface area contributed by atoms with Crippen molar-refractivity contribution >= 4 is 11.4 Å². The van der Waals surface area contributed by atoms with Crippen LogP contribution in [0.5, 0.6) is 0 Å². The zero-order valence-corrected chi connectivity index (χ0v) is 11.5. The van der Waals surface area contributed by atoms with Gasteiger partial charge in [-0.25, -0.2) is 0 Å². The minimum absolute atomic E-state index is 0.0500. The van der Waals surface area contributed by atoms with Crippen LogP contribution < -0.4 is 10.6 Å². The van der Waals surface area contributed by atoms with Gasteiger partial charge in [-0.15, -0.1) is 0 Å². The maximum Gasteiger partial charge on any atom is 0.270 e. The highest BCUT2D eigenvalue weighted by Gasteiger charge is 2.27. The quantitative estimate of drug-likeness (QED) is 0.670. The van der Waals surface area contributed by atoms with E-state index < -0.39 is 4.92 Å². The van der Waals surface area contributed by atoms with Crippen molar-refractivity contribution < 1.29 is 4.92 Å². The molecule has 6 heteroatoms. The van der Waals surface area contributed by atoms with Crippen LogP contribution in [-0.4, -0.2) is 24.6 Å². The summed E-state index contributed by atoms with van der Waals surface area (Å²) >= 11 is 0. The first-order chi connectivity index (χ1) is 9.56. The van der Waals surface area contributed by atoms with Crippen molar-refractivity contribution in [3.05, 3.63) is 33.9 Å². The molecule has 1 heterocycles. The molecular formula is C14H18N4O2. The third-order valence-corrected chi connectivity index (χ3v) is 4.07. The number of nitrogens with zero attached hydrogens (tertiary/aromatic N) is 3. The fourth-order valence-corrected chi connectivity index (χ4v) is 2.68. The topological polar surface area (TPSA) is 96.2 Å². The monoisotopic (exact) mass is 274 g/mol. The Morgan fingerprint density at radius 3 is 2.95 bits per heavy atom. The van der Waals surface area contributed by atoms with Crippen LogP contribution >= 0.6 is 0 Å². The van der Waals surface area contributed by atoms with Crippen LogP contribution in [0.3, 0.4) is 0 Å². The molecule has 1 aliphatic rings. The van der Waals surface area contributed by atoms with E-state index in [0.717, 1.165) is 25.2 Å². The summed E-state index contributed by atoms with van der Waals surface area (Å²) < 4.78 is 0. The zero-order chi connectivity index (χ0) is 14.7. The SMILES string of the molecule is CC1CCN(c2ccc([N+](=O)[O-])cc2C#N)CC1CN. The minimum atomic E-state index is -0.481. The maximum absolute atomic E-state index is 10.8. The van der Waals surface area contributed by atoms with Crippen LogP contribution in [0.2, 0.25) is 0 Å². The lowest BCUT2D eigenvalue weighted by atomic mass is 9.86. The maximum atomic E-state index is 10.8. The summed E-state index contributed by atoms with van der Waals surface area (Å²) in [6, 6.07) is 6.51. The fourth-order valence-electron chi connectivity index (χ4n) is 2.68. The molecule has 20 heavy (non-hydrogen) atoms. The molecule has 0 aliphatic carbocycles. The second-order valence-corrected chi connectivity index (χ2v) is 5.28. The highest BCUT2D eigenvalue weighted by atomic mass is 16.6. The number of nitro groups is 1. The van der Waals surface area contributed by atoms with Crippen LogP contribution in [0.4, 0.5) is 11.4 Å². The van der Waals surface area contributed by atoms with Crippen molar-refractivity contribution in [1.29, 1.82) is 5.26 Å². The molecule has 6 nitrogen and oxygen atoms in total. The number of anilines is 1. The number of nitriles is 1. The molecule has 1 aromatic rings. The molecule has 106 valence electrons. The van der Waals surface area contributed by atoms with Gasteiger partial charge in [0.2, 0.25) is 0 Å². The predicted molar refractivity (Wildman–Crippen MR) is 76.3 cm³/mol. The van der Waals surface area contributed by atoms with Gasteiger partial charge in [0.15, 0.2) is 0 Å². The van der Waals surface area contributed by atoms with E-state index in [4.69, 9.17) is 5.73 Å². The van der Waals surface area contributed by atoms with Crippen molar-refractivity contribution in [3.8, 4) is 6.07 Å². The summed E-state index contributed by atoms with van der Waals surface area (Å²) in [6.45, 7) is 4.46. The van der Waals surface area contributed by atoms with E-state index in [1.165, 1.54) is 12.1 Å². The average Bonchev–Trinajstić information content (AvgIpc) is 2.47. The molecule has 0 saturated carbocycles. The molecule has 1 aromatic carbocycles. The number of non-ortho nitro benzene ring substituents is 1. The smallest absolute Gasteiger partial charge is 0.270 e. The van der Waals surface area contributed by atoms with E-state index in [0.29, 0.717) is 23.9 Å². The van der Waals surface area contributed by atoms with E-state index in [-0.39, 0.29) is 5.69 Å². The minimum Gasteiger partial charge on any atom is -0.370 e. The van der Waals surface area contributed by atoms with Crippen LogP contribution in [0, 0.1) is 33.3 Å². The Labute approximate surface area is 117 Å². The molecule has 2 atom stereocenters. The number of rotatable bonds is 3. The lowest BCUT2D eigenvalue weighted by Crippen LogP contribution is -2.43. The van der Waals surface area contributed by atoms with Crippen molar-refractivity contribution in [2.45, 2.75) is 13.3 Å². The van der Waals surface area contributed by atoms with Gasteiger partial charge in [0, 0.05) is 25.2 Å². The van der Waals surface area contributed by atoms with Gasteiger partial charge in [-0.3, -0.25) is 10.1 Å². The number of piperidine rings is 1. The van der Waals surface area contributed by atoms with Crippen molar-refractivity contribution in [2.75, 3.05) is 24.5 Å². The summed E-state index contributed by atoms with van der Waals surface area (Å²) in [5, 5.41) is 20.0. The lowest BCUT2D eigenvalue weighted by molar-refractivity contribution is -0.384. The van der Waals surface area contributed by atoms with Gasteiger partial charge in [0.05, 0.1) is 16.2 Å². The van der Waals surface area contributed by atoms with Gasteiger partial charge < -0.3 is 10.6 Å². The van der Waals surface area contributed by atoms with Crippen LogP contribution in [-0.2, 0) is 0 Å². The summed E-state index contributed by atoms with van der Waals surface area (Å²) in [5.74, 6) is 0.963. The summed E-state index contributed by atoms with van der Waals surface area (Å²) in [7, 11) is 0. The Kier molecular flexibility index (Phi) is 4.20. The Morgan fingerprint density at radius 2 is 2.35 bits per heavy atom. The van der Waals surface area contributed by atoms with Gasteiger partial charge >= 0.3 is 0 Å². The molecule has 1 saturated heterocycles. The van der Waals surface area contributed by atoms with E-state index in [1.54, 1.807) is 6.07 Å². The van der Waals surface area contributed by atoms with Crippen molar-refractivity contribution in [3.63, 3.8) is 0 Å². The Morgan fingerprint density at radius 1 is 1.60 bits per heavy atom. The molecule has 1 aliphatic heterocycles.